The van der Waals surface area contributed by atoms with E-state index in [0.717, 1.165) is 5.56 Å². The zero-order valence-corrected chi connectivity index (χ0v) is 11.6. The summed E-state index contributed by atoms with van der Waals surface area (Å²) in [5.74, 6) is 0.708. The normalized spacial score (nSPS) is 12.6. The summed E-state index contributed by atoms with van der Waals surface area (Å²) in [5, 5.41) is 12.1. The van der Waals surface area contributed by atoms with Gasteiger partial charge in [0.25, 0.3) is 0 Å². The lowest BCUT2D eigenvalue weighted by molar-refractivity contribution is 0.204. The Labute approximate surface area is 111 Å². The van der Waals surface area contributed by atoms with Gasteiger partial charge in [-0.2, -0.15) is 0 Å². The molecule has 2 rings (SSSR count). The van der Waals surface area contributed by atoms with Crippen LogP contribution in [0.15, 0.2) is 40.6 Å². The molecule has 0 amide bonds. The largest absolute Gasteiger partial charge is 0.388 e. The maximum absolute atomic E-state index is 10.1. The Morgan fingerprint density at radius 1 is 1.29 bits per heavy atom. The third-order valence-corrected chi connectivity index (χ3v) is 4.48. The Hall–Kier alpha value is -0.770. The molecule has 0 saturated heterocycles. The monoisotopic (exact) mass is 264 g/mol. The van der Waals surface area contributed by atoms with Crippen LogP contribution in [0.25, 0.3) is 0 Å². The summed E-state index contributed by atoms with van der Waals surface area (Å²) in [6.45, 7) is 4.15. The first-order valence-corrected chi connectivity index (χ1v) is 7.44. The Morgan fingerprint density at radius 2 is 2.12 bits per heavy atom. The topological polar surface area (TPSA) is 20.2 Å². The van der Waals surface area contributed by atoms with Gasteiger partial charge in [0.2, 0.25) is 0 Å². The van der Waals surface area contributed by atoms with E-state index in [9.17, 15) is 5.11 Å². The zero-order chi connectivity index (χ0) is 12.3. The second-order valence-electron chi connectivity index (χ2n) is 4.13. The summed E-state index contributed by atoms with van der Waals surface area (Å²) in [6, 6.07) is 10.4. The fraction of sp³-hybridized carbons (Fsp3) is 0.286. The molecule has 0 saturated carbocycles. The van der Waals surface area contributed by atoms with Crippen LogP contribution in [0.4, 0.5) is 0 Å². The number of thioether (sulfide) groups is 1. The number of rotatable bonds is 4. The summed E-state index contributed by atoms with van der Waals surface area (Å²) >= 11 is 3.39. The number of benzene rings is 1. The molecule has 0 spiro atoms. The molecule has 1 unspecified atom stereocenters. The Morgan fingerprint density at radius 3 is 2.76 bits per heavy atom. The van der Waals surface area contributed by atoms with E-state index in [0.29, 0.717) is 5.75 Å². The van der Waals surface area contributed by atoms with Gasteiger partial charge in [0, 0.05) is 15.5 Å². The molecule has 0 bridgehead atoms. The molecule has 0 fully saturated rings. The van der Waals surface area contributed by atoms with Gasteiger partial charge in [-0.05, 0) is 43.0 Å². The van der Waals surface area contributed by atoms with Gasteiger partial charge in [-0.25, -0.2) is 0 Å². The Bertz CT molecular complexity index is 490. The van der Waals surface area contributed by atoms with E-state index in [2.05, 4.69) is 44.2 Å². The molecular weight excluding hydrogens is 248 g/mol. The summed E-state index contributed by atoms with van der Waals surface area (Å²) in [6.07, 6.45) is -0.370. The molecule has 1 heterocycles. The average molecular weight is 264 g/mol. The third-order valence-electron chi connectivity index (χ3n) is 2.53. The summed E-state index contributed by atoms with van der Waals surface area (Å²) in [4.78, 5) is 2.47. The molecule has 0 aliphatic carbocycles. The van der Waals surface area contributed by atoms with Gasteiger partial charge in [0.15, 0.2) is 0 Å². The molecule has 0 aliphatic heterocycles. The van der Waals surface area contributed by atoms with Crippen LogP contribution in [0.1, 0.15) is 22.1 Å². The molecule has 1 nitrogen and oxygen atoms in total. The van der Waals surface area contributed by atoms with Gasteiger partial charge in [-0.3, -0.25) is 0 Å². The van der Waals surface area contributed by atoms with Gasteiger partial charge >= 0.3 is 0 Å². The second kappa shape index (κ2) is 5.71. The highest BCUT2D eigenvalue weighted by Crippen LogP contribution is 2.27. The van der Waals surface area contributed by atoms with E-state index in [-0.39, 0.29) is 6.10 Å². The minimum absolute atomic E-state index is 0.370. The molecule has 90 valence electrons. The van der Waals surface area contributed by atoms with Crippen molar-refractivity contribution in [2.24, 2.45) is 0 Å². The van der Waals surface area contributed by atoms with Crippen molar-refractivity contribution in [2.75, 3.05) is 5.75 Å². The summed E-state index contributed by atoms with van der Waals surface area (Å²) < 4.78 is 0. The molecule has 1 aromatic carbocycles. The smallest absolute Gasteiger partial charge is 0.0892 e. The second-order valence-corrected chi connectivity index (χ2v) is 6.34. The van der Waals surface area contributed by atoms with E-state index in [1.807, 2.05) is 5.38 Å². The summed E-state index contributed by atoms with van der Waals surface area (Å²) in [7, 11) is 0. The molecule has 0 aliphatic rings. The van der Waals surface area contributed by atoms with Crippen molar-refractivity contribution >= 4 is 23.1 Å². The van der Waals surface area contributed by atoms with E-state index < -0.39 is 0 Å². The van der Waals surface area contributed by atoms with E-state index in [1.165, 1.54) is 15.3 Å². The number of aryl methyl sites for hydroxylation is 2. The fourth-order valence-electron chi connectivity index (χ4n) is 1.61. The maximum Gasteiger partial charge on any atom is 0.0892 e. The zero-order valence-electron chi connectivity index (χ0n) is 10.0. The van der Waals surface area contributed by atoms with Crippen LogP contribution >= 0.6 is 23.1 Å². The van der Waals surface area contributed by atoms with Crippen LogP contribution in [-0.2, 0) is 0 Å². The minimum Gasteiger partial charge on any atom is -0.388 e. The van der Waals surface area contributed by atoms with E-state index >= 15 is 0 Å². The highest BCUT2D eigenvalue weighted by Gasteiger charge is 2.09. The SMILES string of the molecule is Cc1cccc(SCC(O)c2csc(C)c2)c1. The highest BCUT2D eigenvalue weighted by atomic mass is 32.2. The van der Waals surface area contributed by atoms with Crippen LogP contribution in [0.3, 0.4) is 0 Å². The van der Waals surface area contributed by atoms with Crippen LogP contribution in [0.2, 0.25) is 0 Å². The minimum atomic E-state index is -0.370. The molecule has 2 aromatic rings. The van der Waals surface area contributed by atoms with Crippen molar-refractivity contribution in [1.82, 2.24) is 0 Å². The number of hydrogen-bond donors (Lipinski definition) is 1. The fourth-order valence-corrected chi connectivity index (χ4v) is 3.35. The van der Waals surface area contributed by atoms with Gasteiger partial charge in [-0.15, -0.1) is 23.1 Å². The number of hydrogen-bond acceptors (Lipinski definition) is 3. The molecule has 1 N–H and O–H groups in total. The highest BCUT2D eigenvalue weighted by molar-refractivity contribution is 7.99. The van der Waals surface area contributed by atoms with Crippen molar-refractivity contribution in [3.05, 3.63) is 51.7 Å². The lowest BCUT2D eigenvalue weighted by Gasteiger charge is -2.08. The standard InChI is InChI=1S/C14H16OS2/c1-10-4-3-5-13(6-10)17-9-14(15)12-7-11(2)16-8-12/h3-8,14-15H,9H2,1-2H3. The Balaban J connectivity index is 1.94. The predicted molar refractivity (Wildman–Crippen MR) is 75.9 cm³/mol. The molecule has 3 heteroatoms. The van der Waals surface area contributed by atoms with Crippen LogP contribution in [0.5, 0.6) is 0 Å². The summed E-state index contributed by atoms with van der Waals surface area (Å²) in [5.41, 5.74) is 2.29. The lowest BCUT2D eigenvalue weighted by Crippen LogP contribution is -1.98. The van der Waals surface area contributed by atoms with Crippen molar-refractivity contribution in [3.63, 3.8) is 0 Å². The van der Waals surface area contributed by atoms with Gasteiger partial charge in [0.1, 0.15) is 0 Å². The van der Waals surface area contributed by atoms with Crippen molar-refractivity contribution in [3.8, 4) is 0 Å². The molecular formula is C14H16OS2. The van der Waals surface area contributed by atoms with Crippen molar-refractivity contribution in [1.29, 1.82) is 0 Å². The first kappa shape index (κ1) is 12.7. The van der Waals surface area contributed by atoms with Crippen molar-refractivity contribution < 1.29 is 5.11 Å². The molecule has 0 radical (unpaired) electrons. The predicted octanol–water partition coefficient (Wildman–Crippen LogP) is 4.19. The Kier molecular flexibility index (Phi) is 4.26. The van der Waals surface area contributed by atoms with Crippen LogP contribution < -0.4 is 0 Å². The van der Waals surface area contributed by atoms with Gasteiger partial charge in [0.05, 0.1) is 6.10 Å². The van der Waals surface area contributed by atoms with E-state index in [4.69, 9.17) is 0 Å². The quantitative estimate of drug-likeness (QED) is 0.836. The number of aliphatic hydroxyl groups excluding tert-OH is 1. The molecule has 17 heavy (non-hydrogen) atoms. The first-order valence-electron chi connectivity index (χ1n) is 5.58. The molecule has 1 aromatic heterocycles. The molecule has 1 atom stereocenters. The maximum atomic E-state index is 10.1. The van der Waals surface area contributed by atoms with Gasteiger partial charge in [-0.1, -0.05) is 17.7 Å². The third kappa shape index (κ3) is 3.60. The first-order chi connectivity index (χ1) is 8.15. The number of aliphatic hydroxyl groups is 1. The van der Waals surface area contributed by atoms with Crippen LogP contribution in [-0.4, -0.2) is 10.9 Å². The van der Waals surface area contributed by atoms with Crippen LogP contribution in [0, 0.1) is 13.8 Å². The van der Waals surface area contributed by atoms with E-state index in [1.54, 1.807) is 23.1 Å². The van der Waals surface area contributed by atoms with Crippen molar-refractivity contribution in [2.45, 2.75) is 24.8 Å². The average Bonchev–Trinajstić information content (AvgIpc) is 2.73. The van der Waals surface area contributed by atoms with Gasteiger partial charge < -0.3 is 5.11 Å². The number of thiophene rings is 1. The lowest BCUT2D eigenvalue weighted by atomic mass is 10.2.